The molecule has 1 N–H and O–H groups in total. The lowest BCUT2D eigenvalue weighted by molar-refractivity contribution is -0.127. The Morgan fingerprint density at radius 3 is 2.79 bits per heavy atom. The molecule has 5 nitrogen and oxygen atoms in total. The summed E-state index contributed by atoms with van der Waals surface area (Å²) in [5, 5.41) is 7.59. The Hall–Kier alpha value is -2.28. The Morgan fingerprint density at radius 1 is 1.21 bits per heavy atom. The van der Waals surface area contributed by atoms with Crippen molar-refractivity contribution in [1.82, 2.24) is 20.0 Å². The van der Waals surface area contributed by atoms with Crippen LogP contribution in [0, 0.1) is 24.5 Å². The topological polar surface area (TPSA) is 50.2 Å². The summed E-state index contributed by atoms with van der Waals surface area (Å²) in [6.45, 7) is 4.57. The summed E-state index contributed by atoms with van der Waals surface area (Å²) in [5.74, 6) is -1.23. The molecule has 1 amide bonds. The minimum atomic E-state index is -0.762. The number of nitrogens with zero attached hydrogens (tertiary/aromatic N) is 3. The zero-order valence-electron chi connectivity index (χ0n) is 16.2. The molecule has 4 rings (SSSR count). The highest BCUT2D eigenvalue weighted by Crippen LogP contribution is 2.26. The van der Waals surface area contributed by atoms with E-state index in [2.05, 4.69) is 15.3 Å². The highest BCUT2D eigenvalue weighted by Gasteiger charge is 2.25. The molecule has 0 radical (unpaired) electrons. The minimum absolute atomic E-state index is 0.118. The maximum absolute atomic E-state index is 14.2. The fourth-order valence-electron chi connectivity index (χ4n) is 3.85. The molecule has 0 bridgehead atoms. The monoisotopic (exact) mass is 388 g/mol. The molecule has 1 fully saturated rings. The summed E-state index contributed by atoms with van der Waals surface area (Å²) >= 11 is 0. The molecule has 2 aliphatic rings. The van der Waals surface area contributed by atoms with E-state index >= 15 is 0 Å². The first kappa shape index (κ1) is 19.1. The van der Waals surface area contributed by atoms with Gasteiger partial charge in [-0.15, -0.1) is 0 Å². The van der Waals surface area contributed by atoms with Crippen LogP contribution in [0.2, 0.25) is 0 Å². The van der Waals surface area contributed by atoms with Gasteiger partial charge in [-0.05, 0) is 37.8 Å². The standard InChI is InChI=1S/C21H26F2N4O/c1-14-6-7-16(20(23)19(14)22)12-26-8-3-9-27-18(13-26)10-17(25-27)11-24-21(28)15-4-2-5-15/h6-7,10,15H,2-5,8-9,11-13H2,1H3,(H,24,28). The van der Waals surface area contributed by atoms with Crippen LogP contribution in [-0.4, -0.2) is 27.1 Å². The van der Waals surface area contributed by atoms with Crippen LogP contribution in [0.5, 0.6) is 0 Å². The number of carbonyl (C=O) groups is 1. The average Bonchev–Trinajstić information content (AvgIpc) is 2.91. The maximum atomic E-state index is 14.2. The van der Waals surface area contributed by atoms with E-state index in [1.165, 1.54) is 0 Å². The zero-order chi connectivity index (χ0) is 19.7. The highest BCUT2D eigenvalue weighted by atomic mass is 19.2. The zero-order valence-corrected chi connectivity index (χ0v) is 16.2. The molecule has 1 aromatic heterocycles. The molecule has 7 heteroatoms. The normalized spacial score (nSPS) is 17.7. The molecule has 150 valence electrons. The summed E-state index contributed by atoms with van der Waals surface area (Å²) in [6, 6.07) is 5.29. The molecule has 28 heavy (non-hydrogen) atoms. The van der Waals surface area contributed by atoms with Crippen molar-refractivity contribution in [3.05, 3.63) is 52.3 Å². The summed E-state index contributed by atoms with van der Waals surface area (Å²) < 4.78 is 30.1. The number of amides is 1. The van der Waals surface area contributed by atoms with Gasteiger partial charge in [0.15, 0.2) is 11.6 Å². The van der Waals surface area contributed by atoms with Crippen LogP contribution >= 0.6 is 0 Å². The number of aromatic nitrogens is 2. The van der Waals surface area contributed by atoms with E-state index in [1.807, 2.05) is 10.7 Å². The van der Waals surface area contributed by atoms with Crippen molar-refractivity contribution in [2.24, 2.45) is 5.92 Å². The van der Waals surface area contributed by atoms with E-state index < -0.39 is 11.6 Å². The number of halogens is 2. The number of benzene rings is 1. The van der Waals surface area contributed by atoms with Crippen molar-refractivity contribution in [3.63, 3.8) is 0 Å². The Morgan fingerprint density at radius 2 is 2.04 bits per heavy atom. The van der Waals surface area contributed by atoms with Crippen LogP contribution in [0.4, 0.5) is 8.78 Å². The van der Waals surface area contributed by atoms with Gasteiger partial charge >= 0.3 is 0 Å². The molecule has 1 saturated carbocycles. The van der Waals surface area contributed by atoms with Crippen LogP contribution < -0.4 is 5.32 Å². The molecule has 0 unspecified atom stereocenters. The first-order valence-electron chi connectivity index (χ1n) is 10.0. The number of fused-ring (bicyclic) bond motifs is 1. The highest BCUT2D eigenvalue weighted by molar-refractivity contribution is 5.79. The molecule has 0 atom stereocenters. The van der Waals surface area contributed by atoms with Gasteiger partial charge in [0.1, 0.15) is 0 Å². The average molecular weight is 388 g/mol. The van der Waals surface area contributed by atoms with Crippen LogP contribution in [-0.2, 0) is 31.0 Å². The molecular formula is C21H26F2N4O. The van der Waals surface area contributed by atoms with Gasteiger partial charge < -0.3 is 5.32 Å². The number of hydrogen-bond donors (Lipinski definition) is 1. The largest absolute Gasteiger partial charge is 0.350 e. The fourth-order valence-corrected chi connectivity index (χ4v) is 3.85. The quantitative estimate of drug-likeness (QED) is 0.855. The van der Waals surface area contributed by atoms with Gasteiger partial charge in [-0.2, -0.15) is 5.10 Å². The van der Waals surface area contributed by atoms with Crippen LogP contribution in [0.25, 0.3) is 0 Å². The molecule has 1 aromatic carbocycles. The Labute approximate surface area is 163 Å². The van der Waals surface area contributed by atoms with E-state index in [9.17, 15) is 13.6 Å². The van der Waals surface area contributed by atoms with E-state index in [-0.39, 0.29) is 11.8 Å². The smallest absolute Gasteiger partial charge is 0.223 e. The third kappa shape index (κ3) is 3.94. The second-order valence-electron chi connectivity index (χ2n) is 7.93. The van der Waals surface area contributed by atoms with Crippen LogP contribution in [0.3, 0.4) is 0 Å². The van der Waals surface area contributed by atoms with Crippen molar-refractivity contribution < 1.29 is 13.6 Å². The lowest BCUT2D eigenvalue weighted by Gasteiger charge is -2.23. The Kier molecular flexibility index (Phi) is 5.44. The predicted molar refractivity (Wildman–Crippen MR) is 101 cm³/mol. The van der Waals surface area contributed by atoms with Crippen molar-refractivity contribution >= 4 is 5.91 Å². The molecule has 1 aliphatic carbocycles. The van der Waals surface area contributed by atoms with Gasteiger partial charge in [0.05, 0.1) is 17.9 Å². The van der Waals surface area contributed by atoms with Crippen molar-refractivity contribution in [3.8, 4) is 0 Å². The van der Waals surface area contributed by atoms with E-state index in [4.69, 9.17) is 0 Å². The SMILES string of the molecule is Cc1ccc(CN2CCCn3nc(CNC(=O)C4CCC4)cc3C2)c(F)c1F. The molecule has 2 aromatic rings. The lowest BCUT2D eigenvalue weighted by Crippen LogP contribution is -2.34. The molecule has 0 spiro atoms. The van der Waals surface area contributed by atoms with Gasteiger partial charge in [-0.3, -0.25) is 14.4 Å². The Balaban J connectivity index is 1.41. The van der Waals surface area contributed by atoms with Crippen LogP contribution in [0.1, 0.15) is 48.2 Å². The number of aryl methyl sites for hydroxylation is 2. The van der Waals surface area contributed by atoms with Crippen molar-refractivity contribution in [1.29, 1.82) is 0 Å². The number of hydrogen-bond acceptors (Lipinski definition) is 3. The van der Waals surface area contributed by atoms with Crippen molar-refractivity contribution in [2.75, 3.05) is 6.54 Å². The number of rotatable bonds is 5. The number of nitrogens with one attached hydrogen (secondary N) is 1. The lowest BCUT2D eigenvalue weighted by atomic mass is 9.85. The third-order valence-electron chi connectivity index (χ3n) is 5.81. The summed E-state index contributed by atoms with van der Waals surface area (Å²) in [5.41, 5.74) is 2.59. The Bertz CT molecular complexity index is 876. The van der Waals surface area contributed by atoms with Gasteiger partial charge in [0.2, 0.25) is 5.91 Å². The molecule has 1 aliphatic heterocycles. The second-order valence-corrected chi connectivity index (χ2v) is 7.93. The summed E-state index contributed by atoms with van der Waals surface area (Å²) in [6.07, 6.45) is 3.99. The number of carbonyl (C=O) groups excluding carboxylic acids is 1. The summed E-state index contributed by atoms with van der Waals surface area (Å²) in [4.78, 5) is 14.1. The molecule has 2 heterocycles. The fraction of sp³-hybridized carbons (Fsp3) is 0.524. The maximum Gasteiger partial charge on any atom is 0.223 e. The van der Waals surface area contributed by atoms with Gasteiger partial charge in [0, 0.05) is 37.7 Å². The van der Waals surface area contributed by atoms with Gasteiger partial charge in [-0.25, -0.2) is 8.78 Å². The third-order valence-corrected chi connectivity index (χ3v) is 5.81. The molecular weight excluding hydrogens is 362 g/mol. The van der Waals surface area contributed by atoms with E-state index in [1.54, 1.807) is 19.1 Å². The predicted octanol–water partition coefficient (Wildman–Crippen LogP) is 3.29. The summed E-state index contributed by atoms with van der Waals surface area (Å²) in [7, 11) is 0. The minimum Gasteiger partial charge on any atom is -0.350 e. The van der Waals surface area contributed by atoms with Crippen LogP contribution in [0.15, 0.2) is 18.2 Å². The van der Waals surface area contributed by atoms with Gasteiger partial charge in [-0.1, -0.05) is 18.6 Å². The molecule has 0 saturated heterocycles. The van der Waals surface area contributed by atoms with E-state index in [0.29, 0.717) is 30.8 Å². The van der Waals surface area contributed by atoms with E-state index in [0.717, 1.165) is 50.2 Å². The van der Waals surface area contributed by atoms with Crippen molar-refractivity contribution in [2.45, 2.75) is 58.8 Å². The van der Waals surface area contributed by atoms with Gasteiger partial charge in [0.25, 0.3) is 0 Å². The first-order valence-corrected chi connectivity index (χ1v) is 10.0. The second kappa shape index (κ2) is 7.99. The first-order chi connectivity index (χ1) is 13.5.